The number of benzene rings is 2. The second-order valence-electron chi connectivity index (χ2n) is 8.60. The van der Waals surface area contributed by atoms with Gasteiger partial charge in [-0.2, -0.15) is 0 Å². The highest BCUT2D eigenvalue weighted by Gasteiger charge is 2.35. The van der Waals surface area contributed by atoms with Crippen LogP contribution in [0.5, 0.6) is 0 Å². The van der Waals surface area contributed by atoms with Gasteiger partial charge in [0.25, 0.3) is 23.6 Å². The first-order valence-electron chi connectivity index (χ1n) is 11.4. The van der Waals surface area contributed by atoms with E-state index in [0.717, 1.165) is 0 Å². The summed E-state index contributed by atoms with van der Waals surface area (Å²) >= 11 is 0. The number of hydrogen-bond acceptors (Lipinski definition) is 6. The predicted octanol–water partition coefficient (Wildman–Crippen LogP) is 4.06. The van der Waals surface area contributed by atoms with E-state index in [1.165, 1.54) is 9.80 Å². The Hall–Kier alpha value is -3.09. The number of carbonyl (C=O) groups is 4. The van der Waals surface area contributed by atoms with E-state index in [9.17, 15) is 23.7 Å². The molecular formula is C25H27N2O6P. The monoisotopic (exact) mass is 482 g/mol. The summed E-state index contributed by atoms with van der Waals surface area (Å²) in [5, 5.41) is 0. The van der Waals surface area contributed by atoms with Gasteiger partial charge in [-0.3, -0.25) is 33.5 Å². The zero-order chi connectivity index (χ0) is 24.3. The fraction of sp³-hybridized carbons (Fsp3) is 0.360. The van der Waals surface area contributed by atoms with Crippen molar-refractivity contribution in [3.05, 3.63) is 70.8 Å². The maximum atomic E-state index is 12.7. The predicted molar refractivity (Wildman–Crippen MR) is 126 cm³/mol. The number of unbranched alkanes of at least 4 members (excludes halogenated alkanes) is 2. The first-order valence-corrected chi connectivity index (χ1v) is 13.7. The molecular weight excluding hydrogens is 455 g/mol. The van der Waals surface area contributed by atoms with E-state index >= 15 is 0 Å². The van der Waals surface area contributed by atoms with Crippen molar-refractivity contribution in [1.29, 1.82) is 0 Å². The lowest BCUT2D eigenvalue weighted by Gasteiger charge is -2.17. The number of hydrogen-bond donors (Lipinski definition) is 0. The molecule has 0 radical (unpaired) electrons. The summed E-state index contributed by atoms with van der Waals surface area (Å²) in [4.78, 5) is 52.0. The highest BCUT2D eigenvalue weighted by molar-refractivity contribution is 7.58. The molecule has 2 aliphatic rings. The van der Waals surface area contributed by atoms with Crippen molar-refractivity contribution in [2.24, 2.45) is 0 Å². The molecule has 0 saturated heterocycles. The maximum absolute atomic E-state index is 12.7. The number of carbonyl (C=O) groups excluding carboxylic acids is 4. The SMILES string of the molecule is CP(=O)(CCCCN1C(=O)c2ccccc2C1=O)OCCCCN1C(=O)c2ccccc2C1=O. The molecule has 0 aromatic heterocycles. The molecule has 34 heavy (non-hydrogen) atoms. The molecule has 0 N–H and O–H groups in total. The molecule has 9 heteroatoms. The van der Waals surface area contributed by atoms with Crippen LogP contribution >= 0.6 is 7.37 Å². The summed E-state index contributed by atoms with van der Waals surface area (Å²) < 4.78 is 18.3. The van der Waals surface area contributed by atoms with Crippen LogP contribution in [-0.2, 0) is 9.09 Å². The first kappa shape index (κ1) is 24.0. The van der Waals surface area contributed by atoms with Gasteiger partial charge >= 0.3 is 0 Å². The summed E-state index contributed by atoms with van der Waals surface area (Å²) in [5.41, 5.74) is 1.72. The Balaban J connectivity index is 1.13. The molecule has 2 heterocycles. The molecule has 2 aliphatic heterocycles. The van der Waals surface area contributed by atoms with E-state index in [1.54, 1.807) is 55.2 Å². The lowest BCUT2D eigenvalue weighted by molar-refractivity contribution is 0.0635. The van der Waals surface area contributed by atoms with Crippen LogP contribution < -0.4 is 0 Å². The molecule has 8 nitrogen and oxygen atoms in total. The third-order valence-electron chi connectivity index (χ3n) is 6.09. The van der Waals surface area contributed by atoms with Crippen molar-refractivity contribution in [2.45, 2.75) is 25.7 Å². The number of imide groups is 2. The van der Waals surface area contributed by atoms with Gasteiger partial charge < -0.3 is 4.52 Å². The van der Waals surface area contributed by atoms with E-state index < -0.39 is 7.37 Å². The molecule has 0 saturated carbocycles. The summed E-state index contributed by atoms with van der Waals surface area (Å²) in [6.45, 7) is 2.44. The molecule has 2 aromatic rings. The first-order chi connectivity index (χ1) is 16.3. The van der Waals surface area contributed by atoms with Gasteiger partial charge in [-0.25, -0.2) is 0 Å². The van der Waals surface area contributed by atoms with Gasteiger partial charge in [-0.15, -0.1) is 0 Å². The maximum Gasteiger partial charge on any atom is 0.261 e. The van der Waals surface area contributed by atoms with Crippen molar-refractivity contribution in [3.8, 4) is 0 Å². The Morgan fingerprint density at radius 3 is 1.44 bits per heavy atom. The lowest BCUT2D eigenvalue weighted by atomic mass is 10.1. The van der Waals surface area contributed by atoms with Crippen molar-refractivity contribution in [1.82, 2.24) is 9.80 Å². The summed E-state index contributed by atoms with van der Waals surface area (Å²) in [7, 11) is -2.82. The molecule has 1 atom stereocenters. The second-order valence-corrected chi connectivity index (χ2v) is 11.3. The van der Waals surface area contributed by atoms with Crippen molar-refractivity contribution >= 4 is 31.0 Å². The minimum Gasteiger partial charge on any atom is -0.329 e. The Morgan fingerprint density at radius 1 is 0.647 bits per heavy atom. The smallest absolute Gasteiger partial charge is 0.261 e. The quantitative estimate of drug-likeness (QED) is 0.272. The highest BCUT2D eigenvalue weighted by Crippen LogP contribution is 2.43. The third-order valence-corrected chi connectivity index (χ3v) is 7.95. The van der Waals surface area contributed by atoms with Crippen LogP contribution in [0.1, 0.15) is 67.1 Å². The fourth-order valence-electron chi connectivity index (χ4n) is 4.25. The van der Waals surface area contributed by atoms with Crippen molar-refractivity contribution < 1.29 is 28.3 Å². The zero-order valence-corrected chi connectivity index (χ0v) is 20.0. The molecule has 0 bridgehead atoms. The molecule has 0 fully saturated rings. The summed E-state index contributed by atoms with van der Waals surface area (Å²) in [6, 6.07) is 13.5. The van der Waals surface area contributed by atoms with E-state index in [4.69, 9.17) is 4.52 Å². The van der Waals surface area contributed by atoms with E-state index in [2.05, 4.69) is 0 Å². The molecule has 1 unspecified atom stereocenters. The highest BCUT2D eigenvalue weighted by atomic mass is 31.2. The molecule has 2 aromatic carbocycles. The standard InChI is InChI=1S/C25H27N2O6P/c1-34(32,17-9-7-15-27-24(30)20-12-4-5-13-21(20)25(27)31)33-16-8-6-14-26-22(28)18-10-2-3-11-19(18)23(26)29/h2-5,10-13H,6-9,14-17H2,1H3. The number of fused-ring (bicyclic) bond motifs is 2. The van der Waals surface area contributed by atoms with Gasteiger partial charge in [0.15, 0.2) is 7.37 Å². The van der Waals surface area contributed by atoms with Gasteiger partial charge in [0, 0.05) is 25.9 Å². The third kappa shape index (κ3) is 4.88. The minimum atomic E-state index is -2.82. The molecule has 0 aliphatic carbocycles. The second kappa shape index (κ2) is 10.0. The molecule has 0 spiro atoms. The number of rotatable bonds is 11. The van der Waals surface area contributed by atoms with Crippen LogP contribution in [0.2, 0.25) is 0 Å². The molecule has 178 valence electrons. The van der Waals surface area contributed by atoms with Crippen LogP contribution in [0.15, 0.2) is 48.5 Å². The Labute approximate surface area is 198 Å². The van der Waals surface area contributed by atoms with Gasteiger partial charge in [-0.1, -0.05) is 24.3 Å². The van der Waals surface area contributed by atoms with Gasteiger partial charge in [0.05, 0.1) is 28.9 Å². The lowest BCUT2D eigenvalue weighted by Crippen LogP contribution is -2.30. The van der Waals surface area contributed by atoms with Gasteiger partial charge in [-0.05, 0) is 49.9 Å². The minimum absolute atomic E-state index is 0.273. The van der Waals surface area contributed by atoms with Crippen molar-refractivity contribution in [3.63, 3.8) is 0 Å². The summed E-state index contributed by atoms with van der Waals surface area (Å²) in [6.07, 6.45) is 2.60. The Bertz CT molecular complexity index is 1120. The van der Waals surface area contributed by atoms with Gasteiger partial charge in [0.1, 0.15) is 0 Å². The van der Waals surface area contributed by atoms with E-state index in [0.29, 0.717) is 60.6 Å². The summed E-state index contributed by atoms with van der Waals surface area (Å²) in [5.74, 6) is -1.12. The van der Waals surface area contributed by atoms with E-state index in [1.807, 2.05) is 0 Å². The largest absolute Gasteiger partial charge is 0.329 e. The zero-order valence-electron chi connectivity index (χ0n) is 19.1. The normalized spacial score (nSPS) is 16.7. The van der Waals surface area contributed by atoms with Crippen LogP contribution in [0, 0.1) is 0 Å². The van der Waals surface area contributed by atoms with Crippen LogP contribution in [-0.4, -0.2) is 66.0 Å². The Morgan fingerprint density at radius 2 is 1.03 bits per heavy atom. The average molecular weight is 482 g/mol. The number of amides is 4. The van der Waals surface area contributed by atoms with E-state index in [-0.39, 0.29) is 36.8 Å². The van der Waals surface area contributed by atoms with Crippen LogP contribution in [0.4, 0.5) is 0 Å². The Kier molecular flexibility index (Phi) is 7.10. The van der Waals surface area contributed by atoms with Crippen LogP contribution in [0.25, 0.3) is 0 Å². The fourth-order valence-corrected chi connectivity index (χ4v) is 5.69. The van der Waals surface area contributed by atoms with Gasteiger partial charge in [0.2, 0.25) is 0 Å². The molecule has 4 rings (SSSR count). The topological polar surface area (TPSA) is 101 Å². The average Bonchev–Trinajstić information content (AvgIpc) is 3.22. The van der Waals surface area contributed by atoms with Crippen molar-refractivity contribution in [2.75, 3.05) is 32.5 Å². The van der Waals surface area contributed by atoms with Crippen LogP contribution in [0.3, 0.4) is 0 Å². The number of nitrogens with zero attached hydrogens (tertiary/aromatic N) is 2. The molecule has 4 amide bonds.